The van der Waals surface area contributed by atoms with Gasteiger partial charge < -0.3 is 34.3 Å². The number of fused-ring (bicyclic) bond motifs is 1. The number of benzene rings is 2. The molecule has 1 atom stereocenters. The van der Waals surface area contributed by atoms with Gasteiger partial charge in [-0.3, -0.25) is 4.98 Å². The first-order valence-electron chi connectivity index (χ1n) is 11.9. The Kier molecular flexibility index (Phi) is 8.71. The fourth-order valence-electron chi connectivity index (χ4n) is 3.45. The predicted molar refractivity (Wildman–Crippen MR) is 140 cm³/mol. The highest BCUT2D eigenvalue weighted by Crippen LogP contribution is 2.40. The molecule has 3 aromatic rings. The summed E-state index contributed by atoms with van der Waals surface area (Å²) in [6, 6.07) is 14.7. The van der Waals surface area contributed by atoms with E-state index in [-0.39, 0.29) is 0 Å². The molecule has 36 heavy (non-hydrogen) atoms. The van der Waals surface area contributed by atoms with E-state index in [0.717, 1.165) is 16.9 Å². The number of nitrogens with one attached hydrogen (secondary N) is 2. The van der Waals surface area contributed by atoms with Crippen LogP contribution in [0.4, 0.5) is 11.4 Å². The molecule has 0 aliphatic carbocycles. The number of aromatic nitrogens is 1. The van der Waals surface area contributed by atoms with Crippen LogP contribution in [0.25, 0.3) is 0 Å². The van der Waals surface area contributed by atoms with Crippen LogP contribution in [0.1, 0.15) is 17.4 Å². The highest BCUT2D eigenvalue weighted by Gasteiger charge is 2.22. The van der Waals surface area contributed by atoms with Crippen LogP contribution in [-0.4, -0.2) is 52.0 Å². The topological polar surface area (TPSA) is 95.5 Å². The second-order valence-corrected chi connectivity index (χ2v) is 8.14. The summed E-state index contributed by atoms with van der Waals surface area (Å²) in [5.41, 5.74) is 2.91. The van der Waals surface area contributed by atoms with Gasteiger partial charge in [0, 0.05) is 37.7 Å². The van der Waals surface area contributed by atoms with Gasteiger partial charge in [-0.15, -0.1) is 0 Å². The molecule has 0 radical (unpaired) electrons. The van der Waals surface area contributed by atoms with Crippen molar-refractivity contribution in [3.05, 3.63) is 71.0 Å². The van der Waals surface area contributed by atoms with Crippen LogP contribution < -0.4 is 24.8 Å². The quantitative estimate of drug-likeness (QED) is 0.311. The Labute approximate surface area is 216 Å². The molecule has 9 nitrogen and oxygen atoms in total. The van der Waals surface area contributed by atoms with Crippen molar-refractivity contribution in [2.45, 2.75) is 12.8 Å². The number of hydrogen-bond acceptors (Lipinski definition) is 9. The second kappa shape index (κ2) is 13.0. The summed E-state index contributed by atoms with van der Waals surface area (Å²) in [5.74, 6) is 1.59. The maximum Gasteiger partial charge on any atom is 0.167 e. The summed E-state index contributed by atoms with van der Waals surface area (Å²) in [7, 11) is 3.22. The van der Waals surface area contributed by atoms with E-state index in [4.69, 9.17) is 36.7 Å². The molecule has 0 amide bonds. The molecule has 0 bridgehead atoms. The van der Waals surface area contributed by atoms with Crippen molar-refractivity contribution in [1.82, 2.24) is 4.98 Å². The monoisotopic (exact) mass is 513 g/mol. The molecule has 4 rings (SSSR count). The van der Waals surface area contributed by atoms with E-state index in [1.54, 1.807) is 38.6 Å². The Hall–Kier alpha value is -3.53. The molecule has 1 aromatic heterocycles. The molecule has 1 unspecified atom stereocenters. The summed E-state index contributed by atoms with van der Waals surface area (Å²) in [6.07, 6.45) is 2.68. The van der Waals surface area contributed by atoms with Crippen molar-refractivity contribution in [3.8, 4) is 17.2 Å². The number of aliphatic imine (C=N–C) groups is 1. The molecule has 10 heteroatoms. The molecule has 0 saturated heterocycles. The van der Waals surface area contributed by atoms with Gasteiger partial charge in [0.1, 0.15) is 31.7 Å². The summed E-state index contributed by atoms with van der Waals surface area (Å²) < 4.78 is 36.1. The molecule has 190 valence electrons. The first-order chi connectivity index (χ1) is 18.1. The van der Waals surface area contributed by atoms with Crippen LogP contribution in [0.3, 0.4) is 0 Å². The number of methoxy groups -OCH3 is 2. The van der Waals surface area contributed by atoms with Crippen molar-refractivity contribution < 1.29 is 25.1 Å². The Bertz CT molecular complexity index is 1200. The molecule has 2 heterocycles. The lowest BCUT2D eigenvalue weighted by Gasteiger charge is -2.25. The second-order valence-electron chi connectivity index (χ2n) is 7.74. The molecular weight excluding hydrogens is 484 g/mol. The van der Waals surface area contributed by atoms with Gasteiger partial charge in [-0.1, -0.05) is 17.7 Å². The number of ether oxygens (including phenoxy) is 5. The molecule has 0 saturated carbocycles. The van der Waals surface area contributed by atoms with Gasteiger partial charge in [-0.25, -0.2) is 4.99 Å². The Morgan fingerprint density at radius 3 is 2.42 bits per heavy atom. The van der Waals surface area contributed by atoms with Gasteiger partial charge in [0.15, 0.2) is 12.9 Å². The Morgan fingerprint density at radius 2 is 1.72 bits per heavy atom. The van der Waals surface area contributed by atoms with Crippen molar-refractivity contribution in [1.29, 1.82) is 0 Å². The van der Waals surface area contributed by atoms with Crippen molar-refractivity contribution in [2.75, 3.05) is 51.3 Å². The zero-order chi connectivity index (χ0) is 26.0. The lowest BCUT2D eigenvalue weighted by molar-refractivity contribution is 0.132. The van der Waals surface area contributed by atoms with Gasteiger partial charge in [-0.05, 0) is 36.4 Å². The lowest BCUT2D eigenvalue weighted by atomic mass is 10.1. The van der Waals surface area contributed by atoms with Crippen LogP contribution in [0.2, 0.25) is 6.43 Å². The van der Waals surface area contributed by atoms with Gasteiger partial charge in [0.2, 0.25) is 0 Å². The lowest BCUT2D eigenvalue weighted by Crippen LogP contribution is -2.18. The van der Waals surface area contributed by atoms with Gasteiger partial charge in [0.25, 0.3) is 0 Å². The number of halogens is 1. The molecule has 0 fully saturated rings. The minimum absolute atomic E-state index is 0.313. The maximum absolute atomic E-state index is 8.32. The molecule has 2 aromatic carbocycles. The highest BCUT2D eigenvalue weighted by molar-refractivity contribution is 6.32. The van der Waals surface area contributed by atoms with E-state index in [1.807, 2.05) is 30.3 Å². The first kappa shape index (κ1) is 24.2. The summed E-state index contributed by atoms with van der Waals surface area (Å²) in [4.78, 5) is 8.75. The van der Waals surface area contributed by atoms with E-state index in [0.29, 0.717) is 61.0 Å². The average Bonchev–Trinajstić information content (AvgIpc) is 2.91. The normalized spacial score (nSPS) is 14.7. The largest absolute Gasteiger partial charge is 0.487 e. The van der Waals surface area contributed by atoms with Crippen LogP contribution in [0.5, 0.6) is 17.2 Å². The van der Waals surface area contributed by atoms with E-state index >= 15 is 0 Å². The van der Waals surface area contributed by atoms with Gasteiger partial charge in [0.05, 0.1) is 36.0 Å². The third-order valence-corrected chi connectivity index (χ3v) is 5.52. The van der Waals surface area contributed by atoms with Crippen LogP contribution in [0, 0.1) is 0 Å². The molecule has 1 aliphatic heterocycles. The zero-order valence-corrected chi connectivity index (χ0v) is 20.9. The first-order valence-corrected chi connectivity index (χ1v) is 11.8. The maximum atomic E-state index is 8.32. The minimum atomic E-state index is -0.481. The SMILES string of the molecule is [2H]N1C=NC(Nc2ccc(OCc3ccccn3)c(Cl)c2)c2cc(OCCOC)c(OCCOC)cc21. The van der Waals surface area contributed by atoms with Crippen molar-refractivity contribution in [3.63, 3.8) is 0 Å². The molecule has 1 aliphatic rings. The predicted octanol–water partition coefficient (Wildman–Crippen LogP) is 4.93. The van der Waals surface area contributed by atoms with E-state index < -0.39 is 6.17 Å². The van der Waals surface area contributed by atoms with Gasteiger partial charge >= 0.3 is 0 Å². The summed E-state index contributed by atoms with van der Waals surface area (Å²) >= 11 is 6.49. The third-order valence-electron chi connectivity index (χ3n) is 5.23. The smallest absolute Gasteiger partial charge is 0.167 e. The van der Waals surface area contributed by atoms with Crippen molar-refractivity contribution >= 4 is 29.3 Å². The number of pyridine rings is 1. The highest BCUT2D eigenvalue weighted by atomic mass is 35.5. The molecule has 0 spiro atoms. The number of hydrogen-bond donors (Lipinski definition) is 2. The van der Waals surface area contributed by atoms with E-state index in [1.165, 1.54) is 11.6 Å². The van der Waals surface area contributed by atoms with Crippen molar-refractivity contribution in [2.24, 2.45) is 4.99 Å². The fraction of sp³-hybridized carbons (Fsp3) is 0.308. The Balaban J connectivity index is 1.52. The van der Waals surface area contributed by atoms with Crippen LogP contribution >= 0.6 is 11.6 Å². The summed E-state index contributed by atoms with van der Waals surface area (Å²) in [6.45, 7) is 1.85. The molecule has 2 N–H and O–H groups in total. The van der Waals surface area contributed by atoms with Gasteiger partial charge in [-0.2, -0.15) is 0 Å². The number of nitrogens with zero attached hydrogens (tertiary/aromatic N) is 2. The molecular formula is C26H29ClN4O5. The third kappa shape index (κ3) is 6.78. The van der Waals surface area contributed by atoms with E-state index in [9.17, 15) is 0 Å². The van der Waals surface area contributed by atoms with E-state index in [2.05, 4.69) is 15.3 Å². The zero-order valence-electron chi connectivity index (χ0n) is 21.1. The standard InChI is InChI=1S/C26H29ClN4O5/c1-32-9-11-34-24-14-20-22(15-25(24)35-12-10-33-2)29-17-30-26(20)31-18-6-7-23(21(27)13-18)36-16-19-5-3-4-8-28-19/h3-8,13-15,17,26,31H,9-12,16H2,1-2H3,(H,29,30)/i/hD. The number of rotatable bonds is 13. The van der Waals surface area contributed by atoms with Crippen LogP contribution in [0.15, 0.2) is 59.7 Å². The Morgan fingerprint density at radius 1 is 0.944 bits per heavy atom. The fourth-order valence-corrected chi connectivity index (χ4v) is 3.68. The minimum Gasteiger partial charge on any atom is -0.487 e. The number of anilines is 2. The van der Waals surface area contributed by atoms with Crippen LogP contribution in [-0.2, 0) is 16.1 Å². The summed E-state index contributed by atoms with van der Waals surface area (Å²) in [5, 5.41) is 5.01. The average molecular weight is 514 g/mol.